The van der Waals surface area contributed by atoms with Gasteiger partial charge in [0.1, 0.15) is 6.04 Å². The second-order valence-corrected chi connectivity index (χ2v) is 5.02. The van der Waals surface area contributed by atoms with Gasteiger partial charge in [0.15, 0.2) is 5.72 Å². The number of amides is 1. The van der Waals surface area contributed by atoms with Crippen molar-refractivity contribution < 1.29 is 19.4 Å². The van der Waals surface area contributed by atoms with Gasteiger partial charge in [0.05, 0.1) is 0 Å². The molecule has 6 heteroatoms. The van der Waals surface area contributed by atoms with Crippen molar-refractivity contribution in [3.8, 4) is 0 Å². The van der Waals surface area contributed by atoms with Gasteiger partial charge in [0.2, 0.25) is 0 Å². The summed E-state index contributed by atoms with van der Waals surface area (Å²) in [5.74, 6) is 0.234. The smallest absolute Gasteiger partial charge is 0.415 e. The predicted octanol–water partition coefficient (Wildman–Crippen LogP) is 2.41. The number of nitrogens with zero attached hydrogens (tertiary/aromatic N) is 1. The Hall–Kier alpha value is -0.910. The number of carbonyl (C=O) groups excluding carboxylic acids is 1. The van der Waals surface area contributed by atoms with Crippen LogP contribution in [0.4, 0.5) is 4.79 Å². The lowest BCUT2D eigenvalue weighted by Gasteiger charge is -2.48. The van der Waals surface area contributed by atoms with Crippen LogP contribution in [0.3, 0.4) is 0 Å². The van der Waals surface area contributed by atoms with E-state index in [4.69, 9.17) is 9.84 Å². The molecule has 1 fully saturated rings. The van der Waals surface area contributed by atoms with E-state index in [9.17, 15) is 9.59 Å². The molecule has 0 radical (unpaired) electrons. The second kappa shape index (κ2) is 6.74. The van der Waals surface area contributed by atoms with Gasteiger partial charge < -0.3 is 9.84 Å². The number of aliphatic carboxylic acids is 1. The fourth-order valence-electron chi connectivity index (χ4n) is 1.48. The fourth-order valence-corrected chi connectivity index (χ4v) is 2.23. The number of hydrogen-bond acceptors (Lipinski definition) is 4. The standard InChI is InChI=1S/C9H15NO4S.C2H6/c1-4-15-5-6(7(11)12)10-8(13)14-9(10,2)3;1-2/h6H,4-5H2,1-3H3,(H,11,12);1-2H3. The summed E-state index contributed by atoms with van der Waals surface area (Å²) in [6.45, 7) is 9.31. The Morgan fingerprint density at radius 2 is 2.06 bits per heavy atom. The van der Waals surface area contributed by atoms with Crippen LogP contribution in [0.2, 0.25) is 0 Å². The number of hydrogen-bond donors (Lipinski definition) is 1. The van der Waals surface area contributed by atoms with Gasteiger partial charge in [0.25, 0.3) is 0 Å². The summed E-state index contributed by atoms with van der Waals surface area (Å²) in [5.41, 5.74) is -0.797. The van der Waals surface area contributed by atoms with Crippen LogP contribution < -0.4 is 0 Å². The Morgan fingerprint density at radius 1 is 1.53 bits per heavy atom. The summed E-state index contributed by atoms with van der Waals surface area (Å²) in [6, 6.07) is -0.800. The Balaban J connectivity index is 0.00000121. The van der Waals surface area contributed by atoms with E-state index in [-0.39, 0.29) is 0 Å². The van der Waals surface area contributed by atoms with Crippen LogP contribution in [0.15, 0.2) is 0 Å². The molecule has 100 valence electrons. The van der Waals surface area contributed by atoms with Crippen molar-refractivity contribution in [2.24, 2.45) is 0 Å². The number of rotatable bonds is 5. The van der Waals surface area contributed by atoms with Crippen LogP contribution in [0, 0.1) is 0 Å². The first-order valence-electron chi connectivity index (χ1n) is 5.73. The van der Waals surface area contributed by atoms with Crippen molar-refractivity contribution in [3.63, 3.8) is 0 Å². The van der Waals surface area contributed by atoms with Crippen LogP contribution in [0.5, 0.6) is 0 Å². The Kier molecular flexibility index (Phi) is 6.37. The number of carbonyl (C=O) groups is 2. The van der Waals surface area contributed by atoms with Gasteiger partial charge in [-0.15, -0.1) is 0 Å². The number of ether oxygens (including phenoxy) is 1. The quantitative estimate of drug-likeness (QED) is 0.825. The second-order valence-electron chi connectivity index (χ2n) is 3.70. The van der Waals surface area contributed by atoms with Gasteiger partial charge in [-0.1, -0.05) is 20.8 Å². The van der Waals surface area contributed by atoms with Crippen LogP contribution in [0.1, 0.15) is 34.6 Å². The monoisotopic (exact) mass is 263 g/mol. The number of thioether (sulfide) groups is 1. The van der Waals surface area contributed by atoms with E-state index < -0.39 is 23.8 Å². The molecule has 0 aromatic carbocycles. The lowest BCUT2D eigenvalue weighted by atomic mass is 10.1. The van der Waals surface area contributed by atoms with E-state index in [0.717, 1.165) is 5.75 Å². The SMILES string of the molecule is CC.CCSCC(C(=O)O)N1C(=O)OC1(C)C. The molecule has 0 aromatic heterocycles. The molecule has 1 saturated heterocycles. The molecule has 1 aliphatic heterocycles. The number of carboxylic acid groups (broad SMARTS) is 1. The van der Waals surface area contributed by atoms with Gasteiger partial charge in [-0.2, -0.15) is 11.8 Å². The molecule has 1 N–H and O–H groups in total. The maximum Gasteiger partial charge on any atom is 0.415 e. The van der Waals surface area contributed by atoms with E-state index in [0.29, 0.717) is 5.75 Å². The Bertz CT molecular complexity index is 281. The van der Waals surface area contributed by atoms with Crippen LogP contribution in [-0.4, -0.2) is 45.3 Å². The highest BCUT2D eigenvalue weighted by Crippen LogP contribution is 2.32. The van der Waals surface area contributed by atoms with Crippen molar-refractivity contribution in [2.75, 3.05) is 11.5 Å². The van der Waals surface area contributed by atoms with E-state index in [1.807, 2.05) is 20.8 Å². The van der Waals surface area contributed by atoms with E-state index in [2.05, 4.69) is 0 Å². The summed E-state index contributed by atoms with van der Waals surface area (Å²) in [5, 5.41) is 9.02. The minimum Gasteiger partial charge on any atom is -0.480 e. The highest BCUT2D eigenvalue weighted by Gasteiger charge is 2.51. The fraction of sp³-hybridized carbons (Fsp3) is 0.818. The summed E-state index contributed by atoms with van der Waals surface area (Å²) in [7, 11) is 0. The zero-order valence-corrected chi connectivity index (χ0v) is 11.8. The minimum atomic E-state index is -0.985. The lowest BCUT2D eigenvalue weighted by molar-refractivity contribution is -0.188. The van der Waals surface area contributed by atoms with Gasteiger partial charge in [-0.25, -0.2) is 9.59 Å². The maximum atomic E-state index is 11.2. The topological polar surface area (TPSA) is 66.8 Å². The maximum absolute atomic E-state index is 11.2. The first-order valence-corrected chi connectivity index (χ1v) is 6.88. The highest BCUT2D eigenvalue weighted by atomic mass is 32.2. The summed E-state index contributed by atoms with van der Waals surface area (Å²) >= 11 is 1.49. The molecule has 0 aromatic rings. The van der Waals surface area contributed by atoms with Gasteiger partial charge in [-0.05, 0) is 19.6 Å². The summed E-state index contributed by atoms with van der Waals surface area (Å²) in [6.07, 6.45) is -0.552. The minimum absolute atomic E-state index is 0.393. The molecule has 17 heavy (non-hydrogen) atoms. The number of cyclic esters (lactones) is 1. The van der Waals surface area contributed by atoms with Crippen molar-refractivity contribution >= 4 is 23.8 Å². The first kappa shape index (κ1) is 16.1. The average Bonchev–Trinajstić information content (AvgIpc) is 2.25. The molecule has 0 aliphatic carbocycles. The van der Waals surface area contributed by atoms with Crippen LogP contribution >= 0.6 is 11.8 Å². The Labute approximate surface area is 107 Å². The van der Waals surface area contributed by atoms with Gasteiger partial charge in [-0.3, -0.25) is 4.90 Å². The lowest BCUT2D eigenvalue weighted by Crippen LogP contribution is -2.67. The molecular weight excluding hydrogens is 242 g/mol. The zero-order chi connectivity index (χ0) is 13.6. The third kappa shape index (κ3) is 3.80. The molecule has 1 atom stereocenters. The molecular formula is C11H21NO4S. The molecule has 0 saturated carbocycles. The summed E-state index contributed by atoms with van der Waals surface area (Å²) in [4.78, 5) is 23.5. The normalized spacial score (nSPS) is 18.4. The molecule has 1 aliphatic rings. The van der Waals surface area contributed by atoms with Gasteiger partial charge >= 0.3 is 12.1 Å². The molecule has 0 spiro atoms. The average molecular weight is 263 g/mol. The zero-order valence-electron chi connectivity index (χ0n) is 11.0. The summed E-state index contributed by atoms with van der Waals surface area (Å²) < 4.78 is 4.86. The highest BCUT2D eigenvalue weighted by molar-refractivity contribution is 7.99. The predicted molar refractivity (Wildman–Crippen MR) is 68.2 cm³/mol. The third-order valence-corrected chi connectivity index (χ3v) is 3.15. The van der Waals surface area contributed by atoms with E-state index in [1.54, 1.807) is 13.8 Å². The van der Waals surface area contributed by atoms with Crippen molar-refractivity contribution in [1.29, 1.82) is 0 Å². The first-order chi connectivity index (χ1) is 7.90. The number of carboxylic acids is 1. The van der Waals surface area contributed by atoms with Gasteiger partial charge in [0, 0.05) is 5.75 Å². The molecule has 0 bridgehead atoms. The van der Waals surface area contributed by atoms with Crippen molar-refractivity contribution in [1.82, 2.24) is 4.90 Å². The molecule has 1 amide bonds. The van der Waals surface area contributed by atoms with Crippen molar-refractivity contribution in [3.05, 3.63) is 0 Å². The van der Waals surface area contributed by atoms with E-state index in [1.165, 1.54) is 16.7 Å². The molecule has 1 unspecified atom stereocenters. The van der Waals surface area contributed by atoms with E-state index >= 15 is 0 Å². The van der Waals surface area contributed by atoms with Crippen LogP contribution in [0.25, 0.3) is 0 Å². The molecule has 5 nitrogen and oxygen atoms in total. The Morgan fingerprint density at radius 3 is 2.35 bits per heavy atom. The largest absolute Gasteiger partial charge is 0.480 e. The molecule has 1 rings (SSSR count). The third-order valence-electron chi connectivity index (χ3n) is 2.19. The van der Waals surface area contributed by atoms with Crippen molar-refractivity contribution in [2.45, 2.75) is 46.4 Å². The molecule has 1 heterocycles. The van der Waals surface area contributed by atoms with Crippen LogP contribution in [-0.2, 0) is 9.53 Å².